The molecule has 112 valence electrons. The van der Waals surface area contributed by atoms with Crippen molar-refractivity contribution in [1.82, 2.24) is 0 Å². The summed E-state index contributed by atoms with van der Waals surface area (Å²) < 4.78 is 24.6. The van der Waals surface area contributed by atoms with Gasteiger partial charge in [0.2, 0.25) is 0 Å². The molecule has 0 bridgehead atoms. The van der Waals surface area contributed by atoms with Crippen molar-refractivity contribution in [2.75, 3.05) is 11.1 Å². The Hall–Kier alpha value is -1.07. The van der Waals surface area contributed by atoms with Crippen molar-refractivity contribution in [3.05, 3.63) is 24.3 Å². The first kappa shape index (κ1) is 15.3. The Morgan fingerprint density at radius 2 is 1.95 bits per heavy atom. The molecule has 1 aromatic rings. The van der Waals surface area contributed by atoms with Crippen LogP contribution in [-0.4, -0.2) is 26.3 Å². The SMILES string of the molecule is CCCS(=O)(=O)c1ccccc1NC1CCCCC1N. The van der Waals surface area contributed by atoms with Crippen LogP contribution in [0.3, 0.4) is 0 Å². The first-order chi connectivity index (χ1) is 9.54. The Labute approximate surface area is 121 Å². The van der Waals surface area contributed by atoms with Crippen LogP contribution < -0.4 is 11.1 Å². The number of nitrogens with one attached hydrogen (secondary N) is 1. The van der Waals surface area contributed by atoms with E-state index in [1.54, 1.807) is 12.1 Å². The van der Waals surface area contributed by atoms with Gasteiger partial charge >= 0.3 is 0 Å². The summed E-state index contributed by atoms with van der Waals surface area (Å²) in [5.41, 5.74) is 6.83. The van der Waals surface area contributed by atoms with Gasteiger partial charge in [0, 0.05) is 12.1 Å². The zero-order valence-corrected chi connectivity index (χ0v) is 12.8. The predicted molar refractivity (Wildman–Crippen MR) is 82.6 cm³/mol. The van der Waals surface area contributed by atoms with Crippen LogP contribution >= 0.6 is 0 Å². The number of anilines is 1. The predicted octanol–water partition coefficient (Wildman–Crippen LogP) is 2.55. The molecule has 3 N–H and O–H groups in total. The smallest absolute Gasteiger partial charge is 0.180 e. The van der Waals surface area contributed by atoms with Crippen molar-refractivity contribution in [2.45, 2.75) is 56.0 Å². The lowest BCUT2D eigenvalue weighted by molar-refractivity contribution is 0.403. The summed E-state index contributed by atoms with van der Waals surface area (Å²) in [6.07, 6.45) is 4.94. The van der Waals surface area contributed by atoms with Gasteiger partial charge in [-0.25, -0.2) is 8.42 Å². The highest BCUT2D eigenvalue weighted by molar-refractivity contribution is 7.91. The maximum absolute atomic E-state index is 12.3. The molecule has 0 saturated heterocycles. The fourth-order valence-corrected chi connectivity index (χ4v) is 4.28. The normalized spacial score (nSPS) is 23.5. The highest BCUT2D eigenvalue weighted by Crippen LogP contribution is 2.26. The average Bonchev–Trinajstić information content (AvgIpc) is 2.42. The lowest BCUT2D eigenvalue weighted by Crippen LogP contribution is -2.42. The minimum Gasteiger partial charge on any atom is -0.380 e. The second-order valence-corrected chi connectivity index (χ2v) is 7.59. The number of nitrogens with two attached hydrogens (primary N) is 1. The van der Waals surface area contributed by atoms with E-state index in [0.29, 0.717) is 17.0 Å². The molecular weight excluding hydrogens is 272 g/mol. The number of sulfone groups is 1. The summed E-state index contributed by atoms with van der Waals surface area (Å²) >= 11 is 0. The number of para-hydroxylation sites is 1. The van der Waals surface area contributed by atoms with E-state index in [1.165, 1.54) is 0 Å². The summed E-state index contributed by atoms with van der Waals surface area (Å²) in [6, 6.07) is 7.43. The molecule has 5 heteroatoms. The van der Waals surface area contributed by atoms with Crippen LogP contribution in [0.25, 0.3) is 0 Å². The minimum absolute atomic E-state index is 0.102. The molecule has 1 aromatic carbocycles. The van der Waals surface area contributed by atoms with E-state index in [-0.39, 0.29) is 17.8 Å². The molecule has 1 fully saturated rings. The van der Waals surface area contributed by atoms with Gasteiger partial charge in [-0.05, 0) is 31.4 Å². The van der Waals surface area contributed by atoms with Gasteiger partial charge in [0.05, 0.1) is 16.3 Å². The van der Waals surface area contributed by atoms with Crippen LogP contribution in [0.4, 0.5) is 5.69 Å². The van der Waals surface area contributed by atoms with Crippen LogP contribution in [0, 0.1) is 0 Å². The van der Waals surface area contributed by atoms with Crippen molar-refractivity contribution in [3.8, 4) is 0 Å². The van der Waals surface area contributed by atoms with E-state index >= 15 is 0 Å². The summed E-state index contributed by atoms with van der Waals surface area (Å²) in [4.78, 5) is 0.402. The molecule has 0 spiro atoms. The van der Waals surface area contributed by atoms with E-state index < -0.39 is 9.84 Å². The molecule has 2 atom stereocenters. The standard InChI is InChI=1S/C15H24N2O2S/c1-2-11-20(18,19)15-10-6-5-9-14(15)17-13-8-4-3-7-12(13)16/h5-6,9-10,12-13,17H,2-4,7-8,11,16H2,1H3. The van der Waals surface area contributed by atoms with E-state index in [4.69, 9.17) is 5.73 Å². The lowest BCUT2D eigenvalue weighted by atomic mass is 9.91. The monoisotopic (exact) mass is 296 g/mol. The van der Waals surface area contributed by atoms with Gasteiger partial charge in [0.15, 0.2) is 9.84 Å². The first-order valence-corrected chi connectivity index (χ1v) is 9.03. The van der Waals surface area contributed by atoms with E-state index in [9.17, 15) is 8.42 Å². The molecule has 0 aromatic heterocycles. The molecular formula is C15H24N2O2S. The third-order valence-electron chi connectivity index (χ3n) is 3.86. The molecule has 0 radical (unpaired) electrons. The van der Waals surface area contributed by atoms with Gasteiger partial charge in [0.1, 0.15) is 0 Å². The molecule has 1 aliphatic carbocycles. The topological polar surface area (TPSA) is 72.2 Å². The maximum Gasteiger partial charge on any atom is 0.180 e. The Bertz CT molecular complexity index is 543. The van der Waals surface area contributed by atoms with Crippen molar-refractivity contribution >= 4 is 15.5 Å². The highest BCUT2D eigenvalue weighted by Gasteiger charge is 2.24. The summed E-state index contributed by atoms with van der Waals surface area (Å²) in [7, 11) is -3.21. The van der Waals surface area contributed by atoms with Crippen molar-refractivity contribution < 1.29 is 8.42 Å². The average molecular weight is 296 g/mol. The fourth-order valence-electron chi connectivity index (χ4n) is 2.77. The van der Waals surface area contributed by atoms with Crippen LogP contribution in [0.1, 0.15) is 39.0 Å². The minimum atomic E-state index is -3.21. The van der Waals surface area contributed by atoms with Crippen molar-refractivity contribution in [2.24, 2.45) is 5.73 Å². The molecule has 2 rings (SSSR count). The Balaban J connectivity index is 2.24. The molecule has 0 aliphatic heterocycles. The van der Waals surface area contributed by atoms with E-state index in [0.717, 1.165) is 25.7 Å². The molecule has 0 heterocycles. The fraction of sp³-hybridized carbons (Fsp3) is 0.600. The van der Waals surface area contributed by atoms with Crippen LogP contribution in [-0.2, 0) is 9.84 Å². The highest BCUT2D eigenvalue weighted by atomic mass is 32.2. The number of hydrogen-bond acceptors (Lipinski definition) is 4. The zero-order valence-electron chi connectivity index (χ0n) is 12.0. The molecule has 0 amide bonds. The van der Waals surface area contributed by atoms with Gasteiger partial charge in [0.25, 0.3) is 0 Å². The Morgan fingerprint density at radius 3 is 2.65 bits per heavy atom. The molecule has 4 nitrogen and oxygen atoms in total. The third kappa shape index (κ3) is 3.52. The second kappa shape index (κ2) is 6.59. The largest absolute Gasteiger partial charge is 0.380 e. The van der Waals surface area contributed by atoms with Gasteiger partial charge in [-0.15, -0.1) is 0 Å². The molecule has 1 saturated carbocycles. The number of benzene rings is 1. The first-order valence-electron chi connectivity index (χ1n) is 7.38. The third-order valence-corrected chi connectivity index (χ3v) is 5.83. The van der Waals surface area contributed by atoms with Crippen LogP contribution in [0.2, 0.25) is 0 Å². The Morgan fingerprint density at radius 1 is 1.25 bits per heavy atom. The van der Waals surface area contributed by atoms with Gasteiger partial charge < -0.3 is 11.1 Å². The quantitative estimate of drug-likeness (QED) is 0.876. The lowest BCUT2D eigenvalue weighted by Gasteiger charge is -2.30. The molecule has 1 aliphatic rings. The van der Waals surface area contributed by atoms with Crippen LogP contribution in [0.5, 0.6) is 0 Å². The van der Waals surface area contributed by atoms with Gasteiger partial charge in [-0.2, -0.15) is 0 Å². The zero-order chi connectivity index (χ0) is 14.6. The van der Waals surface area contributed by atoms with Crippen molar-refractivity contribution in [1.29, 1.82) is 0 Å². The number of hydrogen-bond donors (Lipinski definition) is 2. The van der Waals surface area contributed by atoms with Crippen molar-refractivity contribution in [3.63, 3.8) is 0 Å². The van der Waals surface area contributed by atoms with E-state index in [2.05, 4.69) is 5.32 Å². The molecule has 20 heavy (non-hydrogen) atoms. The summed E-state index contributed by atoms with van der Waals surface area (Å²) in [5, 5.41) is 3.36. The number of rotatable bonds is 5. The Kier molecular flexibility index (Phi) is 5.05. The maximum atomic E-state index is 12.3. The van der Waals surface area contributed by atoms with Crippen LogP contribution in [0.15, 0.2) is 29.2 Å². The van der Waals surface area contributed by atoms with Gasteiger partial charge in [-0.3, -0.25) is 0 Å². The summed E-state index contributed by atoms with van der Waals surface area (Å²) in [6.45, 7) is 1.88. The second-order valence-electron chi connectivity index (χ2n) is 5.51. The van der Waals surface area contributed by atoms with E-state index in [1.807, 2.05) is 19.1 Å². The molecule has 2 unspecified atom stereocenters. The van der Waals surface area contributed by atoms with Gasteiger partial charge in [-0.1, -0.05) is 31.9 Å². The summed E-state index contributed by atoms with van der Waals surface area (Å²) in [5.74, 6) is 0.183.